The predicted molar refractivity (Wildman–Crippen MR) is 74.7 cm³/mol. The van der Waals surface area contributed by atoms with Gasteiger partial charge in [-0.15, -0.1) is 0 Å². The molecule has 2 aromatic carbocycles. The van der Waals surface area contributed by atoms with E-state index in [1.54, 1.807) is 0 Å². The van der Waals surface area contributed by atoms with Crippen LogP contribution in [0.15, 0.2) is 48.5 Å². The Bertz CT molecular complexity index is 723. The van der Waals surface area contributed by atoms with E-state index in [2.05, 4.69) is 29.0 Å². The molecule has 0 saturated heterocycles. The van der Waals surface area contributed by atoms with Gasteiger partial charge < -0.3 is 0 Å². The highest BCUT2D eigenvalue weighted by atomic mass is 35.5. The average molecular weight is 255 g/mol. The standard InChI is InChI=1S/C15H11ClN2/c1-10-5-4-6-11(9-10)14-12-7-2-3-8-13(12)17-15(16)18-14/h2-9H,1H3. The second-order valence-corrected chi connectivity index (χ2v) is 4.57. The Morgan fingerprint density at radius 2 is 1.78 bits per heavy atom. The Kier molecular flexibility index (Phi) is 2.73. The molecule has 0 amide bonds. The molecule has 0 spiro atoms. The number of para-hydroxylation sites is 1. The quantitative estimate of drug-likeness (QED) is 0.607. The van der Waals surface area contributed by atoms with Gasteiger partial charge in [-0.25, -0.2) is 9.97 Å². The van der Waals surface area contributed by atoms with Crippen LogP contribution in [0, 0.1) is 6.92 Å². The van der Waals surface area contributed by atoms with Crippen molar-refractivity contribution in [3.05, 3.63) is 59.4 Å². The molecule has 0 N–H and O–H groups in total. The van der Waals surface area contributed by atoms with Gasteiger partial charge in [-0.3, -0.25) is 0 Å². The van der Waals surface area contributed by atoms with E-state index in [4.69, 9.17) is 11.6 Å². The van der Waals surface area contributed by atoms with Gasteiger partial charge in [0, 0.05) is 10.9 Å². The van der Waals surface area contributed by atoms with Crippen LogP contribution in [-0.2, 0) is 0 Å². The number of hydrogen-bond acceptors (Lipinski definition) is 2. The van der Waals surface area contributed by atoms with Gasteiger partial charge >= 0.3 is 0 Å². The van der Waals surface area contributed by atoms with Gasteiger partial charge in [0.05, 0.1) is 11.2 Å². The van der Waals surface area contributed by atoms with Crippen LogP contribution in [0.2, 0.25) is 5.28 Å². The topological polar surface area (TPSA) is 25.8 Å². The van der Waals surface area contributed by atoms with Crippen LogP contribution in [-0.4, -0.2) is 9.97 Å². The molecule has 0 aliphatic carbocycles. The first-order chi connectivity index (χ1) is 8.74. The summed E-state index contributed by atoms with van der Waals surface area (Å²) in [6.45, 7) is 2.06. The van der Waals surface area contributed by atoms with Gasteiger partial charge in [0.25, 0.3) is 0 Å². The molecule has 0 radical (unpaired) electrons. The fourth-order valence-corrected chi connectivity index (χ4v) is 2.24. The first-order valence-corrected chi connectivity index (χ1v) is 6.11. The fraction of sp³-hybridized carbons (Fsp3) is 0.0667. The predicted octanol–water partition coefficient (Wildman–Crippen LogP) is 4.26. The number of benzene rings is 2. The van der Waals surface area contributed by atoms with Crippen LogP contribution in [0.1, 0.15) is 5.56 Å². The normalized spacial score (nSPS) is 10.8. The summed E-state index contributed by atoms with van der Waals surface area (Å²) in [5.41, 5.74) is 4.02. The lowest BCUT2D eigenvalue weighted by Gasteiger charge is -2.06. The van der Waals surface area contributed by atoms with Gasteiger partial charge in [-0.05, 0) is 30.7 Å². The van der Waals surface area contributed by atoms with E-state index in [0.29, 0.717) is 0 Å². The summed E-state index contributed by atoms with van der Waals surface area (Å²) in [4.78, 5) is 8.61. The highest BCUT2D eigenvalue weighted by Crippen LogP contribution is 2.27. The SMILES string of the molecule is Cc1cccc(-c2nc(Cl)nc3ccccc23)c1. The monoisotopic (exact) mass is 254 g/mol. The van der Waals surface area contributed by atoms with E-state index in [1.807, 2.05) is 36.4 Å². The van der Waals surface area contributed by atoms with Crippen molar-refractivity contribution < 1.29 is 0 Å². The van der Waals surface area contributed by atoms with Crippen LogP contribution in [0.25, 0.3) is 22.2 Å². The molecule has 0 bridgehead atoms. The van der Waals surface area contributed by atoms with Crippen molar-refractivity contribution in [2.24, 2.45) is 0 Å². The van der Waals surface area contributed by atoms with Crippen LogP contribution < -0.4 is 0 Å². The van der Waals surface area contributed by atoms with Gasteiger partial charge in [-0.1, -0.05) is 42.0 Å². The number of fused-ring (bicyclic) bond motifs is 1. The Morgan fingerprint density at radius 1 is 0.944 bits per heavy atom. The minimum atomic E-state index is 0.283. The third-order valence-electron chi connectivity index (χ3n) is 2.87. The number of nitrogens with zero attached hydrogens (tertiary/aromatic N) is 2. The van der Waals surface area contributed by atoms with E-state index in [9.17, 15) is 0 Å². The molecule has 3 heteroatoms. The molecular formula is C15H11ClN2. The maximum atomic E-state index is 5.99. The van der Waals surface area contributed by atoms with Crippen LogP contribution in [0.3, 0.4) is 0 Å². The smallest absolute Gasteiger partial charge is 0.218 e. The third-order valence-corrected chi connectivity index (χ3v) is 3.04. The van der Waals surface area contributed by atoms with Crippen LogP contribution >= 0.6 is 11.6 Å². The molecule has 0 unspecified atom stereocenters. The van der Waals surface area contributed by atoms with E-state index >= 15 is 0 Å². The number of halogens is 1. The summed E-state index contributed by atoms with van der Waals surface area (Å²) >= 11 is 5.99. The van der Waals surface area contributed by atoms with Crippen molar-refractivity contribution in [2.45, 2.75) is 6.92 Å². The molecular weight excluding hydrogens is 244 g/mol. The molecule has 0 saturated carbocycles. The molecule has 0 fully saturated rings. The minimum Gasteiger partial charge on any atom is -0.218 e. The molecule has 2 nitrogen and oxygen atoms in total. The van der Waals surface area contributed by atoms with Crippen LogP contribution in [0.4, 0.5) is 0 Å². The lowest BCUT2D eigenvalue weighted by atomic mass is 10.0. The number of aromatic nitrogens is 2. The Labute approximate surface area is 110 Å². The van der Waals surface area contributed by atoms with Gasteiger partial charge in [0.15, 0.2) is 0 Å². The number of hydrogen-bond donors (Lipinski definition) is 0. The Morgan fingerprint density at radius 3 is 2.61 bits per heavy atom. The molecule has 0 atom stereocenters. The molecule has 3 aromatic rings. The summed E-state index contributed by atoms with van der Waals surface area (Å²) in [5.74, 6) is 0. The maximum absolute atomic E-state index is 5.99. The fourth-order valence-electron chi connectivity index (χ4n) is 2.06. The lowest BCUT2D eigenvalue weighted by Crippen LogP contribution is -1.91. The Balaban J connectivity index is 2.34. The number of rotatable bonds is 1. The van der Waals surface area contributed by atoms with E-state index in [0.717, 1.165) is 22.2 Å². The molecule has 0 aliphatic rings. The van der Waals surface area contributed by atoms with Crippen molar-refractivity contribution >= 4 is 22.5 Å². The van der Waals surface area contributed by atoms with Gasteiger partial charge in [0.1, 0.15) is 0 Å². The zero-order chi connectivity index (χ0) is 12.5. The largest absolute Gasteiger partial charge is 0.223 e. The average Bonchev–Trinajstić information content (AvgIpc) is 2.37. The van der Waals surface area contributed by atoms with Gasteiger partial charge in [-0.2, -0.15) is 0 Å². The first-order valence-electron chi connectivity index (χ1n) is 5.73. The molecule has 1 aromatic heterocycles. The summed E-state index contributed by atoms with van der Waals surface area (Å²) in [5, 5.41) is 1.30. The van der Waals surface area contributed by atoms with Crippen LogP contribution in [0.5, 0.6) is 0 Å². The second kappa shape index (κ2) is 4.39. The molecule has 88 valence electrons. The van der Waals surface area contributed by atoms with Crippen molar-refractivity contribution in [2.75, 3.05) is 0 Å². The summed E-state index contributed by atoms with van der Waals surface area (Å²) in [6, 6.07) is 16.1. The Hall–Kier alpha value is -1.93. The molecule has 3 rings (SSSR count). The highest BCUT2D eigenvalue weighted by molar-refractivity contribution is 6.28. The zero-order valence-corrected chi connectivity index (χ0v) is 10.6. The van der Waals surface area contributed by atoms with E-state index < -0.39 is 0 Å². The maximum Gasteiger partial charge on any atom is 0.223 e. The number of aryl methyl sites for hydroxylation is 1. The molecule has 0 aliphatic heterocycles. The first kappa shape index (κ1) is 11.2. The zero-order valence-electron chi connectivity index (χ0n) is 9.89. The van der Waals surface area contributed by atoms with Crippen molar-refractivity contribution in [1.82, 2.24) is 9.97 Å². The highest BCUT2D eigenvalue weighted by Gasteiger charge is 2.08. The minimum absolute atomic E-state index is 0.283. The summed E-state index contributed by atoms with van der Waals surface area (Å²) < 4.78 is 0. The van der Waals surface area contributed by atoms with Crippen molar-refractivity contribution in [3.63, 3.8) is 0 Å². The lowest BCUT2D eigenvalue weighted by molar-refractivity contribution is 1.22. The van der Waals surface area contributed by atoms with Crippen molar-refractivity contribution in [3.8, 4) is 11.3 Å². The summed E-state index contributed by atoms with van der Waals surface area (Å²) in [7, 11) is 0. The summed E-state index contributed by atoms with van der Waals surface area (Å²) in [6.07, 6.45) is 0. The third kappa shape index (κ3) is 1.95. The van der Waals surface area contributed by atoms with Crippen molar-refractivity contribution in [1.29, 1.82) is 0 Å². The van der Waals surface area contributed by atoms with E-state index in [1.165, 1.54) is 5.56 Å². The second-order valence-electron chi connectivity index (χ2n) is 4.23. The van der Waals surface area contributed by atoms with E-state index in [-0.39, 0.29) is 5.28 Å². The van der Waals surface area contributed by atoms with Gasteiger partial charge in [0.2, 0.25) is 5.28 Å². The molecule has 18 heavy (non-hydrogen) atoms. The molecule has 1 heterocycles.